The molecule has 0 aliphatic carbocycles. The third-order valence-corrected chi connectivity index (χ3v) is 1.91. The molecule has 2 aromatic heterocycles. The Bertz CT molecular complexity index is 419. The molecule has 5 nitrogen and oxygen atoms in total. The molecular weight excluding hydrogens is 166 g/mol. The molecule has 2 aromatic rings. The number of imidazole rings is 1. The standard InChI is InChI=1S/C8H11N5/c1-2-3-6-4-10-8-7(9)11-5-12-13(6)8/h4-5H,2-3H2,1H3,(H2,9,11,12). The van der Waals surface area contributed by atoms with Crippen LogP contribution in [0.2, 0.25) is 0 Å². The van der Waals surface area contributed by atoms with E-state index < -0.39 is 0 Å². The molecule has 2 heterocycles. The van der Waals surface area contributed by atoms with Crippen molar-refractivity contribution in [2.45, 2.75) is 19.8 Å². The predicted octanol–water partition coefficient (Wildman–Crippen LogP) is 0.659. The first-order valence-corrected chi connectivity index (χ1v) is 4.26. The number of aryl methyl sites for hydroxylation is 1. The molecule has 0 aliphatic heterocycles. The molecule has 2 N–H and O–H groups in total. The molecule has 0 saturated heterocycles. The summed E-state index contributed by atoms with van der Waals surface area (Å²) < 4.78 is 1.74. The van der Waals surface area contributed by atoms with Crippen molar-refractivity contribution in [2.24, 2.45) is 0 Å². The molecule has 0 aromatic carbocycles. The maximum atomic E-state index is 5.63. The van der Waals surface area contributed by atoms with E-state index in [2.05, 4.69) is 22.0 Å². The Balaban J connectivity index is 2.61. The Morgan fingerprint density at radius 1 is 1.46 bits per heavy atom. The first kappa shape index (κ1) is 7.97. The molecule has 0 aliphatic rings. The highest BCUT2D eigenvalue weighted by Gasteiger charge is 2.05. The summed E-state index contributed by atoms with van der Waals surface area (Å²) in [7, 11) is 0. The largest absolute Gasteiger partial charge is 0.381 e. The maximum absolute atomic E-state index is 5.63. The summed E-state index contributed by atoms with van der Waals surface area (Å²) in [5, 5.41) is 4.08. The molecule has 13 heavy (non-hydrogen) atoms. The molecule has 0 saturated carbocycles. The van der Waals surface area contributed by atoms with Gasteiger partial charge in [-0.05, 0) is 6.42 Å². The van der Waals surface area contributed by atoms with E-state index in [0.29, 0.717) is 11.5 Å². The van der Waals surface area contributed by atoms with Gasteiger partial charge in [0.1, 0.15) is 6.33 Å². The fraction of sp³-hybridized carbons (Fsp3) is 0.375. The summed E-state index contributed by atoms with van der Waals surface area (Å²) in [6.45, 7) is 2.12. The molecule has 0 spiro atoms. The number of nitrogens with zero attached hydrogens (tertiary/aromatic N) is 4. The van der Waals surface area contributed by atoms with E-state index in [1.807, 2.05) is 0 Å². The van der Waals surface area contributed by atoms with Gasteiger partial charge in [0.25, 0.3) is 0 Å². The summed E-state index contributed by atoms with van der Waals surface area (Å²) >= 11 is 0. The summed E-state index contributed by atoms with van der Waals surface area (Å²) in [4.78, 5) is 8.01. The minimum absolute atomic E-state index is 0.428. The zero-order valence-corrected chi connectivity index (χ0v) is 7.44. The SMILES string of the molecule is CCCc1cnc2c(N)ncnn12. The van der Waals surface area contributed by atoms with Crippen molar-refractivity contribution in [2.75, 3.05) is 5.73 Å². The number of fused-ring (bicyclic) bond motifs is 1. The van der Waals surface area contributed by atoms with Gasteiger partial charge in [-0.25, -0.2) is 14.5 Å². The van der Waals surface area contributed by atoms with Gasteiger partial charge in [-0.2, -0.15) is 5.10 Å². The lowest BCUT2D eigenvalue weighted by Gasteiger charge is -1.98. The number of hydrogen-bond donors (Lipinski definition) is 1. The van der Waals surface area contributed by atoms with Gasteiger partial charge in [0.15, 0.2) is 11.5 Å². The molecular formula is C8H11N5. The molecule has 2 rings (SSSR count). The topological polar surface area (TPSA) is 69.1 Å². The van der Waals surface area contributed by atoms with Crippen molar-refractivity contribution >= 4 is 11.5 Å². The van der Waals surface area contributed by atoms with Crippen LogP contribution in [0.3, 0.4) is 0 Å². The van der Waals surface area contributed by atoms with E-state index >= 15 is 0 Å². The summed E-state index contributed by atoms with van der Waals surface area (Å²) in [5.74, 6) is 0.428. The van der Waals surface area contributed by atoms with Crippen LogP contribution in [0, 0.1) is 0 Å². The van der Waals surface area contributed by atoms with E-state index in [0.717, 1.165) is 18.5 Å². The van der Waals surface area contributed by atoms with Gasteiger partial charge < -0.3 is 5.73 Å². The summed E-state index contributed by atoms with van der Waals surface area (Å²) in [5.41, 5.74) is 7.35. The lowest BCUT2D eigenvalue weighted by molar-refractivity contribution is 0.795. The second-order valence-corrected chi connectivity index (χ2v) is 2.88. The van der Waals surface area contributed by atoms with Crippen LogP contribution in [-0.4, -0.2) is 19.6 Å². The van der Waals surface area contributed by atoms with E-state index in [9.17, 15) is 0 Å². The van der Waals surface area contributed by atoms with Crippen LogP contribution in [0.4, 0.5) is 5.82 Å². The number of nitrogens with two attached hydrogens (primary N) is 1. The Morgan fingerprint density at radius 2 is 2.31 bits per heavy atom. The second kappa shape index (κ2) is 3.01. The van der Waals surface area contributed by atoms with Gasteiger partial charge in [0.2, 0.25) is 0 Å². The van der Waals surface area contributed by atoms with Crippen LogP contribution in [0.25, 0.3) is 5.65 Å². The van der Waals surface area contributed by atoms with Crippen molar-refractivity contribution in [3.05, 3.63) is 18.2 Å². The van der Waals surface area contributed by atoms with Crippen LogP contribution in [0.15, 0.2) is 12.5 Å². The smallest absolute Gasteiger partial charge is 0.196 e. The summed E-state index contributed by atoms with van der Waals surface area (Å²) in [6, 6.07) is 0. The van der Waals surface area contributed by atoms with Crippen molar-refractivity contribution in [3.63, 3.8) is 0 Å². The fourth-order valence-electron chi connectivity index (χ4n) is 1.31. The molecule has 0 unspecified atom stereocenters. The lowest BCUT2D eigenvalue weighted by Crippen LogP contribution is -2.01. The highest BCUT2D eigenvalue weighted by molar-refractivity contribution is 5.58. The monoisotopic (exact) mass is 177 g/mol. The van der Waals surface area contributed by atoms with Crippen molar-refractivity contribution in [1.82, 2.24) is 19.6 Å². The van der Waals surface area contributed by atoms with Crippen LogP contribution in [0.5, 0.6) is 0 Å². The van der Waals surface area contributed by atoms with Crippen LogP contribution in [-0.2, 0) is 6.42 Å². The van der Waals surface area contributed by atoms with Gasteiger partial charge in [-0.3, -0.25) is 0 Å². The first-order valence-electron chi connectivity index (χ1n) is 4.26. The van der Waals surface area contributed by atoms with E-state index in [-0.39, 0.29) is 0 Å². The van der Waals surface area contributed by atoms with E-state index in [4.69, 9.17) is 5.73 Å². The average molecular weight is 177 g/mol. The number of anilines is 1. The number of hydrogen-bond acceptors (Lipinski definition) is 4. The molecule has 68 valence electrons. The normalized spacial score (nSPS) is 10.8. The summed E-state index contributed by atoms with van der Waals surface area (Å²) in [6.07, 6.45) is 5.27. The van der Waals surface area contributed by atoms with Crippen LogP contribution < -0.4 is 5.73 Å². The molecule has 0 radical (unpaired) electrons. The quantitative estimate of drug-likeness (QED) is 0.731. The number of aromatic nitrogens is 4. The third-order valence-electron chi connectivity index (χ3n) is 1.91. The van der Waals surface area contributed by atoms with Crippen molar-refractivity contribution in [3.8, 4) is 0 Å². The van der Waals surface area contributed by atoms with Gasteiger partial charge in [-0.1, -0.05) is 13.3 Å². The minimum atomic E-state index is 0.428. The maximum Gasteiger partial charge on any atom is 0.196 e. The Kier molecular flexibility index (Phi) is 1.84. The number of rotatable bonds is 2. The zero-order valence-electron chi connectivity index (χ0n) is 7.44. The minimum Gasteiger partial charge on any atom is -0.381 e. The molecule has 0 fully saturated rings. The van der Waals surface area contributed by atoms with Gasteiger partial charge in [0, 0.05) is 0 Å². The lowest BCUT2D eigenvalue weighted by atomic mass is 10.3. The zero-order chi connectivity index (χ0) is 9.26. The first-order chi connectivity index (χ1) is 6.33. The fourth-order valence-corrected chi connectivity index (χ4v) is 1.31. The van der Waals surface area contributed by atoms with Gasteiger partial charge >= 0.3 is 0 Å². The molecule has 0 atom stereocenters. The Morgan fingerprint density at radius 3 is 3.08 bits per heavy atom. The van der Waals surface area contributed by atoms with Crippen LogP contribution in [0.1, 0.15) is 19.0 Å². The second-order valence-electron chi connectivity index (χ2n) is 2.88. The van der Waals surface area contributed by atoms with Crippen LogP contribution >= 0.6 is 0 Å². The average Bonchev–Trinajstić information content (AvgIpc) is 2.51. The van der Waals surface area contributed by atoms with Gasteiger partial charge in [-0.15, -0.1) is 0 Å². The van der Waals surface area contributed by atoms with Crippen molar-refractivity contribution < 1.29 is 0 Å². The third kappa shape index (κ3) is 1.22. The predicted molar refractivity (Wildman–Crippen MR) is 49.2 cm³/mol. The molecule has 5 heteroatoms. The highest BCUT2D eigenvalue weighted by Crippen LogP contribution is 2.10. The van der Waals surface area contributed by atoms with E-state index in [1.54, 1.807) is 10.7 Å². The van der Waals surface area contributed by atoms with Crippen molar-refractivity contribution in [1.29, 1.82) is 0 Å². The Hall–Kier alpha value is -1.65. The Labute approximate surface area is 75.6 Å². The molecule has 0 bridgehead atoms. The molecule has 0 amide bonds. The van der Waals surface area contributed by atoms with E-state index in [1.165, 1.54) is 6.33 Å². The van der Waals surface area contributed by atoms with Gasteiger partial charge in [0.05, 0.1) is 11.9 Å². The number of nitrogen functional groups attached to an aromatic ring is 1. The highest BCUT2D eigenvalue weighted by atomic mass is 15.3.